The molecule has 0 saturated carbocycles. The standard InChI is InChI=1S/C12H13NO3/c1-3-13-4-2-10(16-13)9-6-12-11(5-8(1)9)14-7-15-12/h5-6,10H,1-4,7H2. The molecule has 3 aliphatic rings. The lowest BCUT2D eigenvalue weighted by Gasteiger charge is -2.12. The van der Waals surface area contributed by atoms with Crippen molar-refractivity contribution >= 4 is 0 Å². The van der Waals surface area contributed by atoms with Gasteiger partial charge in [0.25, 0.3) is 0 Å². The van der Waals surface area contributed by atoms with Crippen LogP contribution in [0.3, 0.4) is 0 Å². The normalized spacial score (nSPS) is 30.0. The number of hydroxylamine groups is 2. The topological polar surface area (TPSA) is 30.9 Å². The van der Waals surface area contributed by atoms with Gasteiger partial charge in [-0.1, -0.05) is 0 Å². The van der Waals surface area contributed by atoms with E-state index in [4.69, 9.17) is 14.3 Å². The summed E-state index contributed by atoms with van der Waals surface area (Å²) in [5, 5.41) is 2.07. The molecule has 0 aromatic heterocycles. The number of rotatable bonds is 0. The third-order valence-electron chi connectivity index (χ3n) is 3.53. The highest BCUT2D eigenvalue weighted by Crippen LogP contribution is 2.41. The number of hydrogen-bond donors (Lipinski definition) is 0. The second-order valence-electron chi connectivity index (χ2n) is 4.47. The molecule has 0 aliphatic carbocycles. The van der Waals surface area contributed by atoms with E-state index in [0.717, 1.165) is 37.4 Å². The molecule has 4 rings (SSSR count). The molecule has 16 heavy (non-hydrogen) atoms. The van der Waals surface area contributed by atoms with Gasteiger partial charge in [0.2, 0.25) is 6.79 Å². The summed E-state index contributed by atoms with van der Waals surface area (Å²) in [6.07, 6.45) is 2.32. The van der Waals surface area contributed by atoms with Crippen molar-refractivity contribution in [3.63, 3.8) is 0 Å². The van der Waals surface area contributed by atoms with E-state index >= 15 is 0 Å². The summed E-state index contributed by atoms with van der Waals surface area (Å²) >= 11 is 0. The Morgan fingerprint density at radius 2 is 2.00 bits per heavy atom. The number of fused-ring (bicyclic) bond motifs is 5. The Hall–Kier alpha value is -1.26. The minimum absolute atomic E-state index is 0.215. The Labute approximate surface area is 93.7 Å². The molecule has 84 valence electrons. The van der Waals surface area contributed by atoms with Crippen LogP contribution in [0.4, 0.5) is 0 Å². The van der Waals surface area contributed by atoms with Crippen LogP contribution in [0, 0.1) is 0 Å². The van der Waals surface area contributed by atoms with Crippen LogP contribution in [-0.2, 0) is 11.3 Å². The molecule has 0 spiro atoms. The van der Waals surface area contributed by atoms with Gasteiger partial charge in [-0.25, -0.2) is 0 Å². The summed E-state index contributed by atoms with van der Waals surface area (Å²) in [6.45, 7) is 2.36. The van der Waals surface area contributed by atoms with Crippen LogP contribution in [0.1, 0.15) is 23.7 Å². The van der Waals surface area contributed by atoms with Gasteiger partial charge in [0, 0.05) is 13.1 Å². The van der Waals surface area contributed by atoms with Gasteiger partial charge in [0.15, 0.2) is 11.5 Å². The average Bonchev–Trinajstić information content (AvgIpc) is 2.88. The van der Waals surface area contributed by atoms with E-state index in [0.29, 0.717) is 6.79 Å². The van der Waals surface area contributed by atoms with Gasteiger partial charge >= 0.3 is 0 Å². The molecule has 1 saturated heterocycles. The van der Waals surface area contributed by atoms with Crippen LogP contribution in [0.5, 0.6) is 11.5 Å². The van der Waals surface area contributed by atoms with Crippen LogP contribution >= 0.6 is 0 Å². The van der Waals surface area contributed by atoms with Crippen LogP contribution < -0.4 is 9.47 Å². The van der Waals surface area contributed by atoms with Gasteiger partial charge in [-0.3, -0.25) is 4.84 Å². The Morgan fingerprint density at radius 1 is 1.12 bits per heavy atom. The Morgan fingerprint density at radius 3 is 2.94 bits per heavy atom. The van der Waals surface area contributed by atoms with Crippen molar-refractivity contribution in [1.82, 2.24) is 5.06 Å². The number of nitrogens with zero attached hydrogens (tertiary/aromatic N) is 1. The van der Waals surface area contributed by atoms with Crippen LogP contribution in [0.2, 0.25) is 0 Å². The van der Waals surface area contributed by atoms with Gasteiger partial charge in [0.1, 0.15) is 6.10 Å². The molecule has 4 nitrogen and oxygen atoms in total. The molecule has 2 bridgehead atoms. The van der Waals surface area contributed by atoms with Crippen molar-refractivity contribution in [2.24, 2.45) is 0 Å². The zero-order chi connectivity index (χ0) is 10.5. The fourth-order valence-corrected chi connectivity index (χ4v) is 2.68. The average molecular weight is 219 g/mol. The zero-order valence-corrected chi connectivity index (χ0v) is 8.94. The highest BCUT2D eigenvalue weighted by atomic mass is 16.7. The molecule has 1 fully saturated rings. The molecule has 1 aromatic carbocycles. The second-order valence-corrected chi connectivity index (χ2v) is 4.47. The van der Waals surface area contributed by atoms with Crippen LogP contribution in [-0.4, -0.2) is 24.9 Å². The Kier molecular flexibility index (Phi) is 1.72. The van der Waals surface area contributed by atoms with Crippen molar-refractivity contribution in [1.29, 1.82) is 0 Å². The fourth-order valence-electron chi connectivity index (χ4n) is 2.68. The molecule has 2 unspecified atom stereocenters. The fraction of sp³-hybridized carbons (Fsp3) is 0.500. The summed E-state index contributed by atoms with van der Waals surface area (Å²) in [5.74, 6) is 1.74. The molecule has 2 atom stereocenters. The van der Waals surface area contributed by atoms with Crippen molar-refractivity contribution in [2.75, 3.05) is 19.9 Å². The van der Waals surface area contributed by atoms with Crippen molar-refractivity contribution in [3.05, 3.63) is 23.3 Å². The predicted octanol–water partition coefficient (Wildman–Crippen LogP) is 1.65. The summed E-state index contributed by atoms with van der Waals surface area (Å²) in [5.41, 5.74) is 2.63. The monoisotopic (exact) mass is 219 g/mol. The third kappa shape index (κ3) is 1.17. The van der Waals surface area contributed by atoms with E-state index in [1.165, 1.54) is 11.1 Å². The molecule has 0 radical (unpaired) electrons. The number of ether oxygens (including phenoxy) is 2. The highest BCUT2D eigenvalue weighted by Gasteiger charge is 2.31. The van der Waals surface area contributed by atoms with E-state index in [9.17, 15) is 0 Å². The van der Waals surface area contributed by atoms with E-state index < -0.39 is 0 Å². The van der Waals surface area contributed by atoms with Gasteiger partial charge in [0.05, 0.1) is 0 Å². The maximum atomic E-state index is 5.85. The van der Waals surface area contributed by atoms with Crippen molar-refractivity contribution in [3.8, 4) is 11.5 Å². The van der Waals surface area contributed by atoms with E-state index in [1.807, 2.05) is 0 Å². The number of benzene rings is 1. The Bertz CT molecular complexity index is 446. The summed E-state index contributed by atoms with van der Waals surface area (Å²) in [4.78, 5) is 5.85. The molecule has 0 amide bonds. The lowest BCUT2D eigenvalue weighted by molar-refractivity contribution is -0.142. The maximum absolute atomic E-state index is 5.85. The molecule has 0 N–H and O–H groups in total. The van der Waals surface area contributed by atoms with Gasteiger partial charge < -0.3 is 9.47 Å². The first-order valence-corrected chi connectivity index (χ1v) is 5.74. The first-order chi connectivity index (χ1) is 7.90. The van der Waals surface area contributed by atoms with Gasteiger partial charge in [-0.15, -0.1) is 0 Å². The van der Waals surface area contributed by atoms with Crippen LogP contribution in [0.15, 0.2) is 12.1 Å². The van der Waals surface area contributed by atoms with Crippen molar-refractivity contribution < 1.29 is 14.3 Å². The lowest BCUT2D eigenvalue weighted by atomic mass is 9.96. The van der Waals surface area contributed by atoms with E-state index in [-0.39, 0.29) is 6.10 Å². The molecule has 4 heteroatoms. The third-order valence-corrected chi connectivity index (χ3v) is 3.53. The first kappa shape index (κ1) is 8.84. The summed E-state index contributed by atoms with van der Waals surface area (Å²) in [7, 11) is 0. The van der Waals surface area contributed by atoms with E-state index in [2.05, 4.69) is 17.2 Å². The lowest BCUT2D eigenvalue weighted by Crippen LogP contribution is -2.19. The Balaban J connectivity index is 1.85. The molecule has 1 aromatic rings. The minimum Gasteiger partial charge on any atom is -0.454 e. The quantitative estimate of drug-likeness (QED) is 0.664. The second kappa shape index (κ2) is 3.12. The largest absolute Gasteiger partial charge is 0.454 e. The van der Waals surface area contributed by atoms with E-state index in [1.54, 1.807) is 0 Å². The smallest absolute Gasteiger partial charge is 0.231 e. The molecule has 3 aliphatic heterocycles. The molecule has 3 heterocycles. The van der Waals surface area contributed by atoms with Gasteiger partial charge in [-0.2, -0.15) is 5.06 Å². The first-order valence-electron chi connectivity index (χ1n) is 5.74. The van der Waals surface area contributed by atoms with Crippen molar-refractivity contribution in [2.45, 2.75) is 18.9 Å². The predicted molar refractivity (Wildman–Crippen MR) is 56.3 cm³/mol. The minimum atomic E-state index is 0.215. The summed E-state index contributed by atoms with van der Waals surface area (Å²) in [6, 6.07) is 4.21. The van der Waals surface area contributed by atoms with Crippen LogP contribution in [0.25, 0.3) is 0 Å². The zero-order valence-electron chi connectivity index (χ0n) is 8.94. The number of hydrogen-bond acceptors (Lipinski definition) is 4. The SMILES string of the molecule is c1c2c(cc3c1OCO3)C1CCN(CC2)O1. The van der Waals surface area contributed by atoms with Gasteiger partial charge in [-0.05, 0) is 36.1 Å². The maximum Gasteiger partial charge on any atom is 0.231 e. The highest BCUT2D eigenvalue weighted by molar-refractivity contribution is 5.50. The summed E-state index contributed by atoms with van der Waals surface area (Å²) < 4.78 is 10.8. The molecular formula is C12H13NO3. The molecular weight excluding hydrogens is 206 g/mol.